The van der Waals surface area contributed by atoms with Crippen LogP contribution in [0, 0.1) is 0 Å². The maximum atomic E-state index is 12.6. The second-order valence-corrected chi connectivity index (χ2v) is 6.70. The number of aromatic nitrogens is 2. The van der Waals surface area contributed by atoms with Crippen molar-refractivity contribution in [2.45, 2.75) is 6.54 Å². The number of aromatic amines is 1. The van der Waals surface area contributed by atoms with Crippen molar-refractivity contribution in [2.75, 3.05) is 24.3 Å². The van der Waals surface area contributed by atoms with Crippen molar-refractivity contribution < 1.29 is 14.3 Å². The Morgan fingerprint density at radius 1 is 1.10 bits per heavy atom. The predicted molar refractivity (Wildman–Crippen MR) is 115 cm³/mol. The first-order valence-electron chi connectivity index (χ1n) is 9.23. The van der Waals surface area contributed by atoms with Crippen LogP contribution in [0.5, 0.6) is 5.75 Å². The third-order valence-electron chi connectivity index (χ3n) is 4.59. The van der Waals surface area contributed by atoms with E-state index in [4.69, 9.17) is 16.2 Å². The summed E-state index contributed by atoms with van der Waals surface area (Å²) in [6.07, 6.45) is 0. The molecule has 10 heteroatoms. The Balaban J connectivity index is 1.82. The van der Waals surface area contributed by atoms with Crippen molar-refractivity contribution in [3.63, 3.8) is 0 Å². The minimum atomic E-state index is -0.793. The maximum Gasteiger partial charge on any atom is 0.330 e. The van der Waals surface area contributed by atoms with Crippen LogP contribution in [0.25, 0.3) is 0 Å². The third kappa shape index (κ3) is 4.81. The molecule has 3 aromatic rings. The Hall–Kier alpha value is -4.34. The summed E-state index contributed by atoms with van der Waals surface area (Å²) in [4.78, 5) is 51.7. The largest absolute Gasteiger partial charge is 0.484 e. The number of hydrogen-bond donors (Lipinski definition) is 3. The number of ether oxygens (including phenoxy) is 1. The zero-order chi connectivity index (χ0) is 22.5. The molecule has 0 saturated carbocycles. The monoisotopic (exact) mass is 423 g/mol. The van der Waals surface area contributed by atoms with E-state index >= 15 is 0 Å². The number of hydrogen-bond acceptors (Lipinski definition) is 6. The van der Waals surface area contributed by atoms with Gasteiger partial charge in [0, 0.05) is 12.6 Å². The number of anilines is 2. The van der Waals surface area contributed by atoms with Crippen LogP contribution < -0.4 is 32.4 Å². The average Bonchev–Trinajstić information content (AvgIpc) is 2.75. The first-order chi connectivity index (χ1) is 14.8. The standard InChI is InChI=1S/C21H21N5O5/c1-25(16(27)12-31-15-9-5-8-14(10-15)19(23)28)17-18(22)26(21(30)24-20(17)29)11-13-6-3-2-4-7-13/h2-10H,11-12,22H2,1H3,(H2,23,28)(H,24,29,30). The SMILES string of the molecule is CN(C(=O)COc1cccc(C(N)=O)c1)c1c(N)n(Cc2ccccc2)c(=O)[nH]c1=O. The molecule has 0 aliphatic heterocycles. The number of H-pyrrole nitrogens is 1. The molecule has 160 valence electrons. The Labute approximate surface area is 176 Å². The molecule has 0 saturated heterocycles. The zero-order valence-electron chi connectivity index (χ0n) is 16.7. The van der Waals surface area contributed by atoms with Crippen molar-refractivity contribution >= 4 is 23.3 Å². The average molecular weight is 423 g/mol. The van der Waals surface area contributed by atoms with Gasteiger partial charge in [0.25, 0.3) is 11.5 Å². The Morgan fingerprint density at radius 2 is 1.81 bits per heavy atom. The molecule has 3 rings (SSSR count). The third-order valence-corrected chi connectivity index (χ3v) is 4.59. The van der Waals surface area contributed by atoms with Gasteiger partial charge < -0.3 is 21.1 Å². The van der Waals surface area contributed by atoms with Crippen LogP contribution in [0.3, 0.4) is 0 Å². The van der Waals surface area contributed by atoms with E-state index in [1.54, 1.807) is 24.3 Å². The number of amides is 2. The molecular weight excluding hydrogens is 402 g/mol. The molecule has 31 heavy (non-hydrogen) atoms. The second kappa shape index (κ2) is 8.99. The number of carbonyl (C=O) groups is 2. The Bertz CT molecular complexity index is 1230. The number of rotatable bonds is 7. The van der Waals surface area contributed by atoms with Crippen molar-refractivity contribution in [3.8, 4) is 5.75 Å². The summed E-state index contributed by atoms with van der Waals surface area (Å²) in [5.74, 6) is -1.11. The summed E-state index contributed by atoms with van der Waals surface area (Å²) in [5, 5.41) is 0. The number of likely N-dealkylation sites (N-methyl/N-ethyl adjacent to an activating group) is 1. The first kappa shape index (κ1) is 21.4. The number of benzene rings is 2. The van der Waals surface area contributed by atoms with Gasteiger partial charge in [0.2, 0.25) is 5.91 Å². The topological polar surface area (TPSA) is 154 Å². The highest BCUT2D eigenvalue weighted by atomic mass is 16.5. The number of primary amides is 1. The quantitative estimate of drug-likeness (QED) is 0.497. The molecule has 0 aliphatic rings. The molecule has 10 nitrogen and oxygen atoms in total. The minimum absolute atomic E-state index is 0.119. The van der Waals surface area contributed by atoms with E-state index in [1.165, 1.54) is 23.7 Å². The van der Waals surface area contributed by atoms with E-state index in [9.17, 15) is 19.2 Å². The molecule has 0 fully saturated rings. The van der Waals surface area contributed by atoms with Crippen LogP contribution in [0.2, 0.25) is 0 Å². The highest BCUT2D eigenvalue weighted by molar-refractivity contribution is 5.96. The number of nitrogens with two attached hydrogens (primary N) is 2. The molecule has 0 aliphatic carbocycles. The summed E-state index contributed by atoms with van der Waals surface area (Å²) in [6, 6.07) is 15.1. The van der Waals surface area contributed by atoms with E-state index < -0.39 is 29.7 Å². The van der Waals surface area contributed by atoms with Crippen molar-refractivity contribution in [1.82, 2.24) is 9.55 Å². The van der Waals surface area contributed by atoms with Gasteiger partial charge in [-0.25, -0.2) is 4.79 Å². The van der Waals surface area contributed by atoms with E-state index in [2.05, 4.69) is 4.98 Å². The zero-order valence-corrected chi connectivity index (χ0v) is 16.7. The molecule has 2 amide bonds. The Morgan fingerprint density at radius 3 is 2.48 bits per heavy atom. The summed E-state index contributed by atoms with van der Waals surface area (Å²) in [7, 11) is 1.35. The van der Waals surface area contributed by atoms with Gasteiger partial charge in [-0.1, -0.05) is 36.4 Å². The molecule has 0 bridgehead atoms. The molecule has 0 radical (unpaired) electrons. The predicted octanol–water partition coefficient (Wildman–Crippen LogP) is 0.308. The first-order valence-corrected chi connectivity index (χ1v) is 9.23. The molecule has 0 unspecified atom stereocenters. The lowest BCUT2D eigenvalue weighted by atomic mass is 10.2. The molecule has 2 aromatic carbocycles. The van der Waals surface area contributed by atoms with Gasteiger partial charge in [0.05, 0.1) is 6.54 Å². The van der Waals surface area contributed by atoms with Crippen molar-refractivity contribution in [2.24, 2.45) is 5.73 Å². The summed E-state index contributed by atoms with van der Waals surface area (Å²) in [5.41, 5.74) is 10.7. The fourth-order valence-corrected chi connectivity index (χ4v) is 2.93. The normalized spacial score (nSPS) is 10.5. The van der Waals surface area contributed by atoms with Crippen LogP contribution in [0.15, 0.2) is 64.2 Å². The van der Waals surface area contributed by atoms with Gasteiger partial charge in [-0.2, -0.15) is 0 Å². The molecule has 0 spiro atoms. The number of carbonyl (C=O) groups excluding carboxylic acids is 2. The van der Waals surface area contributed by atoms with E-state index in [0.29, 0.717) is 0 Å². The fourth-order valence-electron chi connectivity index (χ4n) is 2.93. The fraction of sp³-hybridized carbons (Fsp3) is 0.143. The molecular formula is C21H21N5O5. The van der Waals surface area contributed by atoms with Gasteiger partial charge in [0.1, 0.15) is 11.6 Å². The lowest BCUT2D eigenvalue weighted by molar-refractivity contribution is -0.120. The lowest BCUT2D eigenvalue weighted by Crippen LogP contribution is -2.41. The van der Waals surface area contributed by atoms with Crippen LogP contribution in [0.1, 0.15) is 15.9 Å². The molecule has 5 N–H and O–H groups in total. The Kier molecular flexibility index (Phi) is 6.20. The smallest absolute Gasteiger partial charge is 0.330 e. The molecule has 1 aromatic heterocycles. The lowest BCUT2D eigenvalue weighted by Gasteiger charge is -2.20. The summed E-state index contributed by atoms with van der Waals surface area (Å²) >= 11 is 0. The highest BCUT2D eigenvalue weighted by Gasteiger charge is 2.21. The van der Waals surface area contributed by atoms with Crippen LogP contribution >= 0.6 is 0 Å². The number of nitrogens with zero attached hydrogens (tertiary/aromatic N) is 2. The number of nitrogens with one attached hydrogen (secondary N) is 1. The number of nitrogen functional groups attached to an aromatic ring is 1. The van der Waals surface area contributed by atoms with Crippen molar-refractivity contribution in [1.29, 1.82) is 0 Å². The van der Waals surface area contributed by atoms with Gasteiger partial charge in [-0.3, -0.25) is 23.9 Å². The second-order valence-electron chi connectivity index (χ2n) is 6.70. The van der Waals surface area contributed by atoms with Gasteiger partial charge in [0.15, 0.2) is 12.3 Å². The van der Waals surface area contributed by atoms with E-state index in [1.807, 2.05) is 18.2 Å². The van der Waals surface area contributed by atoms with Gasteiger partial charge >= 0.3 is 5.69 Å². The maximum absolute atomic E-state index is 12.6. The van der Waals surface area contributed by atoms with Crippen LogP contribution in [-0.4, -0.2) is 35.0 Å². The minimum Gasteiger partial charge on any atom is -0.484 e. The van der Waals surface area contributed by atoms with Gasteiger partial charge in [-0.15, -0.1) is 0 Å². The van der Waals surface area contributed by atoms with Crippen molar-refractivity contribution in [3.05, 3.63) is 86.6 Å². The molecule has 1 heterocycles. The van der Waals surface area contributed by atoms with Crippen LogP contribution in [0.4, 0.5) is 11.5 Å². The summed E-state index contributed by atoms with van der Waals surface area (Å²) in [6.45, 7) is -0.316. The van der Waals surface area contributed by atoms with Crippen LogP contribution in [-0.2, 0) is 11.3 Å². The highest BCUT2D eigenvalue weighted by Crippen LogP contribution is 2.17. The molecule has 0 atom stereocenters. The van der Waals surface area contributed by atoms with Gasteiger partial charge in [-0.05, 0) is 23.8 Å². The van der Waals surface area contributed by atoms with E-state index in [-0.39, 0.29) is 29.4 Å². The van der Waals surface area contributed by atoms with E-state index in [0.717, 1.165) is 10.5 Å². The summed E-state index contributed by atoms with van der Waals surface area (Å²) < 4.78 is 6.58.